The van der Waals surface area contributed by atoms with E-state index in [9.17, 15) is 4.79 Å². The third kappa shape index (κ3) is 3.61. The standard InChI is InChI=1S/C21H21N5OS/c1-14-10-18(28-13-14)17-8-7-16(20(24-17)25(2)3)21(27)22-11-15-12-26-9-5-4-6-19(26)23-15/h4-10,12-13H,11H2,1-3H3,(H,22,27). The van der Waals surface area contributed by atoms with Crippen molar-refractivity contribution in [2.24, 2.45) is 0 Å². The fraction of sp³-hybridized carbons (Fsp3) is 0.190. The Morgan fingerprint density at radius 3 is 2.79 bits per heavy atom. The topological polar surface area (TPSA) is 62.5 Å². The molecule has 6 nitrogen and oxygen atoms in total. The number of hydrogen-bond donors (Lipinski definition) is 1. The summed E-state index contributed by atoms with van der Waals surface area (Å²) in [4.78, 5) is 25.0. The predicted octanol–water partition coefficient (Wildman–Crippen LogP) is 3.76. The molecule has 4 heterocycles. The molecule has 7 heteroatoms. The van der Waals surface area contributed by atoms with Crippen molar-refractivity contribution in [3.05, 3.63) is 71.0 Å². The smallest absolute Gasteiger partial charge is 0.255 e. The van der Waals surface area contributed by atoms with E-state index in [1.807, 2.05) is 66.1 Å². The van der Waals surface area contributed by atoms with E-state index in [1.165, 1.54) is 5.56 Å². The lowest BCUT2D eigenvalue weighted by Gasteiger charge is -2.17. The van der Waals surface area contributed by atoms with Crippen molar-refractivity contribution in [3.63, 3.8) is 0 Å². The lowest BCUT2D eigenvalue weighted by Crippen LogP contribution is -2.26. The minimum atomic E-state index is -0.165. The van der Waals surface area contributed by atoms with E-state index in [2.05, 4.69) is 28.7 Å². The highest BCUT2D eigenvalue weighted by atomic mass is 32.1. The number of carbonyl (C=O) groups is 1. The van der Waals surface area contributed by atoms with Gasteiger partial charge in [-0.05, 0) is 48.2 Å². The second-order valence-corrected chi connectivity index (χ2v) is 7.74. The molecule has 0 saturated heterocycles. The van der Waals surface area contributed by atoms with E-state index in [0.29, 0.717) is 17.9 Å². The third-order valence-electron chi connectivity index (χ3n) is 4.37. The van der Waals surface area contributed by atoms with Crippen LogP contribution in [-0.2, 0) is 6.54 Å². The Hall–Kier alpha value is -3.19. The molecule has 0 fully saturated rings. The monoisotopic (exact) mass is 391 g/mol. The number of rotatable bonds is 5. The Kier molecular flexibility index (Phi) is 4.83. The van der Waals surface area contributed by atoms with Crippen molar-refractivity contribution < 1.29 is 4.79 Å². The molecule has 0 spiro atoms. The number of carbonyl (C=O) groups excluding carboxylic acids is 1. The number of aromatic nitrogens is 3. The molecule has 1 N–H and O–H groups in total. The molecule has 4 aromatic heterocycles. The van der Waals surface area contributed by atoms with Crippen LogP contribution in [0.1, 0.15) is 21.6 Å². The van der Waals surface area contributed by atoms with Crippen LogP contribution < -0.4 is 10.2 Å². The van der Waals surface area contributed by atoms with E-state index in [-0.39, 0.29) is 5.91 Å². The maximum Gasteiger partial charge on any atom is 0.255 e. The van der Waals surface area contributed by atoms with Crippen LogP contribution in [0.3, 0.4) is 0 Å². The minimum absolute atomic E-state index is 0.165. The lowest BCUT2D eigenvalue weighted by atomic mass is 10.2. The zero-order valence-electron chi connectivity index (χ0n) is 16.0. The van der Waals surface area contributed by atoms with Crippen LogP contribution >= 0.6 is 11.3 Å². The summed E-state index contributed by atoms with van der Waals surface area (Å²) in [5.41, 5.74) is 4.30. The molecule has 4 rings (SSSR count). The number of hydrogen-bond acceptors (Lipinski definition) is 5. The van der Waals surface area contributed by atoms with Crippen molar-refractivity contribution >= 4 is 28.7 Å². The second-order valence-electron chi connectivity index (χ2n) is 6.83. The van der Waals surface area contributed by atoms with Crippen molar-refractivity contribution in [3.8, 4) is 10.6 Å². The lowest BCUT2D eigenvalue weighted by molar-refractivity contribution is 0.0950. The van der Waals surface area contributed by atoms with Crippen LogP contribution in [0.15, 0.2) is 54.2 Å². The molecule has 4 aromatic rings. The van der Waals surface area contributed by atoms with Gasteiger partial charge < -0.3 is 14.6 Å². The Labute approximate surface area is 167 Å². The van der Waals surface area contributed by atoms with Gasteiger partial charge in [0.25, 0.3) is 5.91 Å². The Bertz CT molecular complexity index is 1110. The van der Waals surface area contributed by atoms with E-state index >= 15 is 0 Å². The maximum absolute atomic E-state index is 12.8. The summed E-state index contributed by atoms with van der Waals surface area (Å²) in [6.45, 7) is 2.42. The molecule has 1 amide bonds. The summed E-state index contributed by atoms with van der Waals surface area (Å²) in [6, 6.07) is 11.7. The van der Waals surface area contributed by atoms with Crippen LogP contribution in [0.25, 0.3) is 16.2 Å². The summed E-state index contributed by atoms with van der Waals surface area (Å²) in [5.74, 6) is 0.484. The van der Waals surface area contributed by atoms with Crippen LogP contribution in [0.4, 0.5) is 5.82 Å². The summed E-state index contributed by atoms with van der Waals surface area (Å²) in [6.07, 6.45) is 3.86. The fourth-order valence-electron chi connectivity index (χ4n) is 3.01. The van der Waals surface area contributed by atoms with Gasteiger partial charge in [-0.15, -0.1) is 11.3 Å². The highest BCUT2D eigenvalue weighted by molar-refractivity contribution is 7.13. The number of pyridine rings is 2. The Morgan fingerprint density at radius 1 is 1.21 bits per heavy atom. The first-order valence-electron chi connectivity index (χ1n) is 8.96. The van der Waals surface area contributed by atoms with Gasteiger partial charge in [0.2, 0.25) is 0 Å². The first-order valence-corrected chi connectivity index (χ1v) is 9.84. The van der Waals surface area contributed by atoms with Gasteiger partial charge in [0.05, 0.1) is 28.4 Å². The normalized spacial score (nSPS) is 11.0. The van der Waals surface area contributed by atoms with Gasteiger partial charge in [-0.25, -0.2) is 9.97 Å². The summed E-state index contributed by atoms with van der Waals surface area (Å²) in [5, 5.41) is 5.06. The van der Waals surface area contributed by atoms with Gasteiger partial charge >= 0.3 is 0 Å². The number of thiophene rings is 1. The molecule has 142 valence electrons. The number of nitrogens with one attached hydrogen (secondary N) is 1. The van der Waals surface area contributed by atoms with Crippen molar-refractivity contribution in [1.82, 2.24) is 19.7 Å². The van der Waals surface area contributed by atoms with Gasteiger partial charge in [0.15, 0.2) is 0 Å². The number of anilines is 1. The van der Waals surface area contributed by atoms with E-state index < -0.39 is 0 Å². The van der Waals surface area contributed by atoms with E-state index in [1.54, 1.807) is 11.3 Å². The van der Waals surface area contributed by atoms with Crippen molar-refractivity contribution in [2.45, 2.75) is 13.5 Å². The van der Waals surface area contributed by atoms with Crippen molar-refractivity contribution in [1.29, 1.82) is 0 Å². The minimum Gasteiger partial charge on any atom is -0.362 e. The van der Waals surface area contributed by atoms with E-state index in [0.717, 1.165) is 21.9 Å². The molecule has 0 saturated carbocycles. The van der Waals surface area contributed by atoms with Gasteiger partial charge in [-0.1, -0.05) is 6.07 Å². The first kappa shape index (κ1) is 18.2. The van der Waals surface area contributed by atoms with Crippen LogP contribution in [0.2, 0.25) is 0 Å². The number of fused-ring (bicyclic) bond motifs is 1. The highest BCUT2D eigenvalue weighted by Gasteiger charge is 2.16. The van der Waals surface area contributed by atoms with Gasteiger partial charge in [-0.3, -0.25) is 4.79 Å². The molecule has 0 aromatic carbocycles. The molecule has 0 unspecified atom stereocenters. The summed E-state index contributed by atoms with van der Waals surface area (Å²) in [7, 11) is 3.79. The number of nitrogens with zero attached hydrogens (tertiary/aromatic N) is 4. The molecule has 0 aliphatic heterocycles. The largest absolute Gasteiger partial charge is 0.362 e. The van der Waals surface area contributed by atoms with Gasteiger partial charge in [0, 0.05) is 26.5 Å². The Morgan fingerprint density at radius 2 is 2.07 bits per heavy atom. The SMILES string of the molecule is Cc1csc(-c2ccc(C(=O)NCc3cn4ccccc4n3)c(N(C)C)n2)c1. The second kappa shape index (κ2) is 7.44. The fourth-order valence-corrected chi connectivity index (χ4v) is 3.88. The molecular weight excluding hydrogens is 370 g/mol. The Balaban J connectivity index is 1.55. The molecule has 0 aliphatic rings. The average Bonchev–Trinajstić information content (AvgIpc) is 3.31. The van der Waals surface area contributed by atoms with Crippen LogP contribution in [0.5, 0.6) is 0 Å². The summed E-state index contributed by atoms with van der Waals surface area (Å²) >= 11 is 1.65. The molecule has 0 aliphatic carbocycles. The zero-order valence-corrected chi connectivity index (χ0v) is 16.8. The zero-order chi connectivity index (χ0) is 19.7. The quantitative estimate of drug-likeness (QED) is 0.563. The predicted molar refractivity (Wildman–Crippen MR) is 113 cm³/mol. The van der Waals surface area contributed by atoms with Gasteiger partial charge in [0.1, 0.15) is 11.5 Å². The van der Waals surface area contributed by atoms with Crippen molar-refractivity contribution in [2.75, 3.05) is 19.0 Å². The number of imidazole rings is 1. The van der Waals surface area contributed by atoms with Gasteiger partial charge in [-0.2, -0.15) is 0 Å². The number of amides is 1. The highest BCUT2D eigenvalue weighted by Crippen LogP contribution is 2.28. The molecule has 28 heavy (non-hydrogen) atoms. The molecule has 0 bridgehead atoms. The third-order valence-corrected chi connectivity index (χ3v) is 5.44. The summed E-state index contributed by atoms with van der Waals surface area (Å²) < 4.78 is 1.94. The van der Waals surface area contributed by atoms with Crippen LogP contribution in [0, 0.1) is 6.92 Å². The molecular formula is C21H21N5OS. The molecule has 0 radical (unpaired) electrons. The maximum atomic E-state index is 12.8. The average molecular weight is 392 g/mol. The van der Waals surface area contributed by atoms with E-state index in [4.69, 9.17) is 4.98 Å². The van der Waals surface area contributed by atoms with Crippen LogP contribution in [-0.4, -0.2) is 34.4 Å². The molecule has 0 atom stereocenters. The number of aryl methyl sites for hydroxylation is 1. The first-order chi connectivity index (χ1) is 13.5.